The molecule has 1 aliphatic carbocycles. The number of hydrogen-bond acceptors (Lipinski definition) is 4. The van der Waals surface area contributed by atoms with Gasteiger partial charge in [0.1, 0.15) is 5.82 Å². The highest BCUT2D eigenvalue weighted by Crippen LogP contribution is 2.24. The second-order valence-corrected chi connectivity index (χ2v) is 6.64. The van der Waals surface area contributed by atoms with Crippen LogP contribution in [0.4, 0.5) is 5.69 Å². The van der Waals surface area contributed by atoms with E-state index in [2.05, 4.69) is 20.6 Å². The smallest absolute Gasteiger partial charge is 0.226 e. The lowest BCUT2D eigenvalue weighted by atomic mass is 10.1. The summed E-state index contributed by atoms with van der Waals surface area (Å²) in [5, 5.41) is 5.74. The van der Waals surface area contributed by atoms with Crippen LogP contribution in [0.3, 0.4) is 0 Å². The first kappa shape index (κ1) is 18.0. The van der Waals surface area contributed by atoms with E-state index in [9.17, 15) is 9.59 Å². The molecular weight excluding hydrogens is 328 g/mol. The molecule has 0 aliphatic heterocycles. The fourth-order valence-corrected chi connectivity index (χ4v) is 3.23. The molecular formula is C20H24N4O2. The molecule has 2 amide bonds. The van der Waals surface area contributed by atoms with Crippen LogP contribution in [0, 0.1) is 12.8 Å². The topological polar surface area (TPSA) is 84.0 Å². The quantitative estimate of drug-likeness (QED) is 0.837. The molecule has 1 aliphatic rings. The Morgan fingerprint density at radius 1 is 1.19 bits per heavy atom. The van der Waals surface area contributed by atoms with Gasteiger partial charge in [-0.25, -0.2) is 9.97 Å². The maximum atomic E-state index is 12.1. The average Bonchev–Trinajstić information content (AvgIpc) is 3.17. The molecule has 26 heavy (non-hydrogen) atoms. The Morgan fingerprint density at radius 3 is 2.77 bits per heavy atom. The number of amides is 2. The minimum atomic E-state index is -0.118. The van der Waals surface area contributed by atoms with Gasteiger partial charge < -0.3 is 10.6 Å². The van der Waals surface area contributed by atoms with E-state index in [0.29, 0.717) is 18.1 Å². The first-order valence-corrected chi connectivity index (χ1v) is 9.09. The Kier molecular flexibility index (Phi) is 5.94. The van der Waals surface area contributed by atoms with Gasteiger partial charge in [0.15, 0.2) is 0 Å². The molecule has 1 fully saturated rings. The van der Waals surface area contributed by atoms with Gasteiger partial charge in [-0.05, 0) is 38.0 Å². The van der Waals surface area contributed by atoms with Crippen LogP contribution in [0.15, 0.2) is 36.5 Å². The zero-order valence-corrected chi connectivity index (χ0v) is 15.0. The summed E-state index contributed by atoms with van der Waals surface area (Å²) in [5.74, 6) is 0.796. The van der Waals surface area contributed by atoms with Crippen LogP contribution in [0.2, 0.25) is 0 Å². The van der Waals surface area contributed by atoms with Crippen LogP contribution < -0.4 is 10.6 Å². The molecule has 1 aromatic heterocycles. The Balaban J connectivity index is 1.51. The third-order valence-corrected chi connectivity index (χ3v) is 4.60. The van der Waals surface area contributed by atoms with E-state index in [-0.39, 0.29) is 24.2 Å². The monoisotopic (exact) mass is 352 g/mol. The molecule has 6 heteroatoms. The van der Waals surface area contributed by atoms with Crippen molar-refractivity contribution in [1.82, 2.24) is 15.3 Å². The van der Waals surface area contributed by atoms with E-state index in [0.717, 1.165) is 36.9 Å². The SMILES string of the molecule is Cc1nccc(-c2cccc(NC(=O)CCNC(=O)C3CCCC3)c2)n1. The Morgan fingerprint density at radius 2 is 2.00 bits per heavy atom. The van der Waals surface area contributed by atoms with Crippen LogP contribution in [0.1, 0.15) is 37.9 Å². The van der Waals surface area contributed by atoms with Crippen molar-refractivity contribution in [3.63, 3.8) is 0 Å². The fraction of sp³-hybridized carbons (Fsp3) is 0.400. The van der Waals surface area contributed by atoms with Crippen molar-refractivity contribution in [3.05, 3.63) is 42.4 Å². The van der Waals surface area contributed by atoms with E-state index in [1.807, 2.05) is 37.3 Å². The molecule has 0 unspecified atom stereocenters. The predicted octanol–water partition coefficient (Wildman–Crippen LogP) is 3.09. The molecule has 1 heterocycles. The van der Waals surface area contributed by atoms with E-state index < -0.39 is 0 Å². The lowest BCUT2D eigenvalue weighted by molar-refractivity contribution is -0.124. The van der Waals surface area contributed by atoms with Gasteiger partial charge in [0.2, 0.25) is 11.8 Å². The van der Waals surface area contributed by atoms with Gasteiger partial charge in [0, 0.05) is 36.3 Å². The van der Waals surface area contributed by atoms with E-state index in [1.165, 1.54) is 0 Å². The first-order valence-electron chi connectivity index (χ1n) is 9.09. The number of carbonyl (C=O) groups is 2. The Bertz CT molecular complexity index is 785. The van der Waals surface area contributed by atoms with Crippen LogP contribution in [-0.4, -0.2) is 28.3 Å². The zero-order chi connectivity index (χ0) is 18.4. The molecule has 3 rings (SSSR count). The number of rotatable bonds is 6. The Hall–Kier alpha value is -2.76. The summed E-state index contributed by atoms with van der Waals surface area (Å²) in [6, 6.07) is 9.39. The van der Waals surface area contributed by atoms with Crippen molar-refractivity contribution in [2.75, 3.05) is 11.9 Å². The van der Waals surface area contributed by atoms with Gasteiger partial charge in [-0.3, -0.25) is 9.59 Å². The van der Waals surface area contributed by atoms with Gasteiger partial charge >= 0.3 is 0 Å². The summed E-state index contributed by atoms with van der Waals surface area (Å²) in [4.78, 5) is 32.6. The number of aromatic nitrogens is 2. The van der Waals surface area contributed by atoms with Gasteiger partial charge in [-0.15, -0.1) is 0 Å². The van der Waals surface area contributed by atoms with E-state index in [1.54, 1.807) is 6.20 Å². The standard InChI is InChI=1S/C20H24N4O2/c1-14-21-11-9-18(23-14)16-7-4-8-17(13-16)24-19(25)10-12-22-20(26)15-5-2-3-6-15/h4,7-9,11,13,15H,2-3,5-6,10,12H2,1H3,(H,22,26)(H,24,25). The van der Waals surface area contributed by atoms with E-state index in [4.69, 9.17) is 0 Å². The predicted molar refractivity (Wildman–Crippen MR) is 100 cm³/mol. The molecule has 2 N–H and O–H groups in total. The summed E-state index contributed by atoms with van der Waals surface area (Å²) in [7, 11) is 0. The minimum Gasteiger partial charge on any atom is -0.355 e. The van der Waals surface area contributed by atoms with Crippen molar-refractivity contribution in [3.8, 4) is 11.3 Å². The van der Waals surface area contributed by atoms with Crippen molar-refractivity contribution in [2.45, 2.75) is 39.0 Å². The first-order chi connectivity index (χ1) is 12.6. The maximum Gasteiger partial charge on any atom is 0.226 e. The summed E-state index contributed by atoms with van der Waals surface area (Å²) >= 11 is 0. The highest BCUT2D eigenvalue weighted by molar-refractivity contribution is 5.91. The second-order valence-electron chi connectivity index (χ2n) is 6.64. The van der Waals surface area contributed by atoms with Gasteiger partial charge in [-0.1, -0.05) is 25.0 Å². The molecule has 2 aromatic rings. The number of aryl methyl sites for hydroxylation is 1. The fourth-order valence-electron chi connectivity index (χ4n) is 3.23. The summed E-state index contributed by atoms with van der Waals surface area (Å²) in [6.45, 7) is 2.21. The lowest BCUT2D eigenvalue weighted by Crippen LogP contribution is -2.32. The highest BCUT2D eigenvalue weighted by atomic mass is 16.2. The largest absolute Gasteiger partial charge is 0.355 e. The molecule has 1 aromatic carbocycles. The Labute approximate surface area is 153 Å². The van der Waals surface area contributed by atoms with Gasteiger partial charge in [0.25, 0.3) is 0 Å². The minimum absolute atomic E-state index is 0.0800. The third-order valence-electron chi connectivity index (χ3n) is 4.60. The van der Waals surface area contributed by atoms with Crippen LogP contribution in [0.5, 0.6) is 0 Å². The third kappa shape index (κ3) is 4.88. The van der Waals surface area contributed by atoms with Gasteiger partial charge in [-0.2, -0.15) is 0 Å². The summed E-state index contributed by atoms with van der Waals surface area (Å²) < 4.78 is 0. The van der Waals surface area contributed by atoms with Crippen LogP contribution in [-0.2, 0) is 9.59 Å². The molecule has 136 valence electrons. The van der Waals surface area contributed by atoms with Crippen molar-refractivity contribution in [2.24, 2.45) is 5.92 Å². The molecule has 0 radical (unpaired) electrons. The summed E-state index contributed by atoms with van der Waals surface area (Å²) in [6.07, 6.45) is 6.16. The number of nitrogens with one attached hydrogen (secondary N) is 2. The maximum absolute atomic E-state index is 12.1. The molecule has 0 spiro atoms. The zero-order valence-electron chi connectivity index (χ0n) is 15.0. The van der Waals surface area contributed by atoms with Crippen molar-refractivity contribution in [1.29, 1.82) is 0 Å². The van der Waals surface area contributed by atoms with Gasteiger partial charge in [0.05, 0.1) is 5.69 Å². The van der Waals surface area contributed by atoms with Crippen LogP contribution in [0.25, 0.3) is 11.3 Å². The highest BCUT2D eigenvalue weighted by Gasteiger charge is 2.22. The average molecular weight is 352 g/mol. The molecule has 6 nitrogen and oxygen atoms in total. The van der Waals surface area contributed by atoms with Crippen molar-refractivity contribution >= 4 is 17.5 Å². The number of carbonyl (C=O) groups excluding carboxylic acids is 2. The lowest BCUT2D eigenvalue weighted by Gasteiger charge is -2.11. The molecule has 0 atom stereocenters. The van der Waals surface area contributed by atoms with Crippen LogP contribution >= 0.6 is 0 Å². The number of anilines is 1. The number of hydrogen-bond donors (Lipinski definition) is 2. The molecule has 1 saturated carbocycles. The molecule has 0 saturated heterocycles. The summed E-state index contributed by atoms with van der Waals surface area (Å²) in [5.41, 5.74) is 2.45. The normalized spacial score (nSPS) is 14.2. The van der Waals surface area contributed by atoms with Crippen molar-refractivity contribution < 1.29 is 9.59 Å². The number of nitrogens with zero attached hydrogens (tertiary/aromatic N) is 2. The second kappa shape index (κ2) is 8.56. The molecule has 0 bridgehead atoms. The number of benzene rings is 1. The van der Waals surface area contributed by atoms with E-state index >= 15 is 0 Å².